The summed E-state index contributed by atoms with van der Waals surface area (Å²) in [4.78, 5) is 0. The van der Waals surface area contributed by atoms with Crippen LogP contribution in [0.25, 0.3) is 0 Å². The molecule has 1 aromatic carbocycles. The van der Waals surface area contributed by atoms with Crippen LogP contribution in [-0.2, 0) is 0 Å². The van der Waals surface area contributed by atoms with E-state index in [0.29, 0.717) is 10.4 Å². The molecule has 1 N–H and O–H groups in total. The van der Waals surface area contributed by atoms with E-state index in [0.717, 1.165) is 27.8 Å². The van der Waals surface area contributed by atoms with Gasteiger partial charge in [0.25, 0.3) is 0 Å². The Bertz CT molecular complexity index is 607. The van der Waals surface area contributed by atoms with E-state index >= 15 is 0 Å². The van der Waals surface area contributed by atoms with Crippen molar-refractivity contribution < 1.29 is 4.74 Å². The number of halogens is 2. The SMILES string of the molecule is CCNC(c1ccc(OC2CC2)cc1)c1cc(Cl)sc1Cl. The average molecular weight is 342 g/mol. The second kappa shape index (κ2) is 6.57. The summed E-state index contributed by atoms with van der Waals surface area (Å²) in [5, 5.41) is 3.46. The summed E-state index contributed by atoms with van der Waals surface area (Å²) in [5.41, 5.74) is 2.20. The van der Waals surface area contributed by atoms with Gasteiger partial charge in [0, 0.05) is 5.56 Å². The third-order valence-electron chi connectivity index (χ3n) is 3.44. The van der Waals surface area contributed by atoms with Gasteiger partial charge in [-0.25, -0.2) is 0 Å². The van der Waals surface area contributed by atoms with Crippen LogP contribution in [0.4, 0.5) is 0 Å². The largest absolute Gasteiger partial charge is 0.490 e. The zero-order valence-corrected chi connectivity index (χ0v) is 14.1. The molecule has 0 spiro atoms. The highest BCUT2D eigenvalue weighted by atomic mass is 35.5. The van der Waals surface area contributed by atoms with Crippen molar-refractivity contribution in [1.29, 1.82) is 0 Å². The van der Waals surface area contributed by atoms with Crippen molar-refractivity contribution in [2.45, 2.75) is 31.9 Å². The normalized spacial score (nSPS) is 16.0. The predicted octanol–water partition coefficient (Wildman–Crippen LogP) is 5.30. The minimum atomic E-state index is 0.0567. The Morgan fingerprint density at radius 1 is 1.29 bits per heavy atom. The molecule has 5 heteroatoms. The monoisotopic (exact) mass is 341 g/mol. The molecule has 1 fully saturated rings. The molecule has 2 aromatic rings. The minimum Gasteiger partial charge on any atom is -0.490 e. The highest BCUT2D eigenvalue weighted by Crippen LogP contribution is 2.38. The maximum Gasteiger partial charge on any atom is 0.119 e. The van der Waals surface area contributed by atoms with Gasteiger partial charge >= 0.3 is 0 Å². The first-order chi connectivity index (χ1) is 10.2. The number of ether oxygens (including phenoxy) is 1. The molecule has 0 saturated heterocycles. The molecule has 1 atom stereocenters. The van der Waals surface area contributed by atoms with Gasteiger partial charge in [-0.15, -0.1) is 11.3 Å². The third kappa shape index (κ3) is 3.72. The molecule has 1 aliphatic carbocycles. The molecule has 1 saturated carbocycles. The summed E-state index contributed by atoms with van der Waals surface area (Å²) in [6.07, 6.45) is 2.76. The lowest BCUT2D eigenvalue weighted by Crippen LogP contribution is -2.21. The standard InChI is InChI=1S/C16H17Cl2NOS/c1-2-19-15(13-9-14(17)21-16(13)18)10-3-5-11(6-4-10)20-12-7-8-12/h3-6,9,12,15,19H,2,7-8H2,1H3. The van der Waals surface area contributed by atoms with E-state index in [4.69, 9.17) is 27.9 Å². The molecular formula is C16H17Cl2NOS. The molecular weight excluding hydrogens is 325 g/mol. The number of rotatable bonds is 6. The first-order valence-electron chi connectivity index (χ1n) is 7.12. The van der Waals surface area contributed by atoms with Gasteiger partial charge in [-0.05, 0) is 43.1 Å². The van der Waals surface area contributed by atoms with Crippen LogP contribution in [0.2, 0.25) is 8.67 Å². The fraction of sp³-hybridized carbons (Fsp3) is 0.375. The van der Waals surface area contributed by atoms with Crippen LogP contribution in [0.5, 0.6) is 5.75 Å². The van der Waals surface area contributed by atoms with Crippen LogP contribution in [0, 0.1) is 0 Å². The fourth-order valence-electron chi connectivity index (χ4n) is 2.28. The van der Waals surface area contributed by atoms with Crippen LogP contribution < -0.4 is 10.1 Å². The lowest BCUT2D eigenvalue weighted by atomic mass is 10.0. The van der Waals surface area contributed by atoms with Crippen molar-refractivity contribution in [2.75, 3.05) is 6.54 Å². The molecule has 1 heterocycles. The molecule has 21 heavy (non-hydrogen) atoms. The zero-order valence-electron chi connectivity index (χ0n) is 11.7. The minimum absolute atomic E-state index is 0.0567. The van der Waals surface area contributed by atoms with Gasteiger partial charge in [-0.1, -0.05) is 42.3 Å². The molecule has 1 aliphatic rings. The van der Waals surface area contributed by atoms with E-state index in [1.165, 1.54) is 24.2 Å². The Morgan fingerprint density at radius 2 is 2.00 bits per heavy atom. The van der Waals surface area contributed by atoms with Crippen molar-refractivity contribution in [3.8, 4) is 5.75 Å². The van der Waals surface area contributed by atoms with Gasteiger partial charge < -0.3 is 10.1 Å². The summed E-state index contributed by atoms with van der Waals surface area (Å²) in [6, 6.07) is 10.2. The van der Waals surface area contributed by atoms with Crippen molar-refractivity contribution >= 4 is 34.5 Å². The van der Waals surface area contributed by atoms with Gasteiger partial charge in [-0.2, -0.15) is 0 Å². The lowest BCUT2D eigenvalue weighted by Gasteiger charge is -2.18. The molecule has 1 unspecified atom stereocenters. The van der Waals surface area contributed by atoms with Crippen molar-refractivity contribution in [1.82, 2.24) is 5.32 Å². The van der Waals surface area contributed by atoms with Gasteiger partial charge in [0.2, 0.25) is 0 Å². The zero-order chi connectivity index (χ0) is 14.8. The Labute approximate surface area is 139 Å². The first-order valence-corrected chi connectivity index (χ1v) is 8.69. The molecule has 0 radical (unpaired) electrons. The Balaban J connectivity index is 1.84. The summed E-state index contributed by atoms with van der Waals surface area (Å²) in [5.74, 6) is 0.936. The summed E-state index contributed by atoms with van der Waals surface area (Å²) >= 11 is 13.8. The number of thiophene rings is 1. The molecule has 1 aromatic heterocycles. The number of nitrogens with one attached hydrogen (secondary N) is 1. The molecule has 112 valence electrons. The van der Waals surface area contributed by atoms with E-state index in [1.54, 1.807) is 0 Å². The first kappa shape index (κ1) is 15.2. The Morgan fingerprint density at radius 3 is 2.52 bits per heavy atom. The number of hydrogen-bond donors (Lipinski definition) is 1. The van der Waals surface area contributed by atoms with Gasteiger partial charge in [0.05, 0.1) is 20.8 Å². The molecule has 0 aliphatic heterocycles. The van der Waals surface area contributed by atoms with Crippen LogP contribution >= 0.6 is 34.5 Å². The second-order valence-corrected chi connectivity index (χ2v) is 7.44. The van der Waals surface area contributed by atoms with Crippen LogP contribution in [0.15, 0.2) is 30.3 Å². The molecule has 0 bridgehead atoms. The second-order valence-electron chi connectivity index (χ2n) is 5.16. The molecule has 0 amide bonds. The summed E-state index contributed by atoms with van der Waals surface area (Å²) in [6.45, 7) is 2.94. The van der Waals surface area contributed by atoms with Gasteiger partial charge in [-0.3, -0.25) is 0 Å². The van der Waals surface area contributed by atoms with Crippen molar-refractivity contribution in [3.05, 3.63) is 50.1 Å². The van der Waals surface area contributed by atoms with Gasteiger partial charge in [0.1, 0.15) is 5.75 Å². The predicted molar refractivity (Wildman–Crippen MR) is 90.0 cm³/mol. The van der Waals surface area contributed by atoms with E-state index < -0.39 is 0 Å². The van der Waals surface area contributed by atoms with E-state index in [2.05, 4.69) is 24.4 Å². The molecule has 2 nitrogen and oxygen atoms in total. The number of benzene rings is 1. The quantitative estimate of drug-likeness (QED) is 0.770. The maximum atomic E-state index is 6.30. The number of hydrogen-bond acceptors (Lipinski definition) is 3. The van der Waals surface area contributed by atoms with E-state index in [-0.39, 0.29) is 6.04 Å². The van der Waals surface area contributed by atoms with Crippen LogP contribution in [0.3, 0.4) is 0 Å². The maximum absolute atomic E-state index is 6.30. The fourth-order valence-corrected chi connectivity index (χ4v) is 3.81. The summed E-state index contributed by atoms with van der Waals surface area (Å²) < 4.78 is 7.24. The smallest absolute Gasteiger partial charge is 0.119 e. The van der Waals surface area contributed by atoms with Crippen LogP contribution in [0.1, 0.15) is 36.9 Å². The van der Waals surface area contributed by atoms with E-state index in [1.807, 2.05) is 18.2 Å². The van der Waals surface area contributed by atoms with Crippen LogP contribution in [-0.4, -0.2) is 12.6 Å². The lowest BCUT2D eigenvalue weighted by molar-refractivity contribution is 0.303. The third-order valence-corrected chi connectivity index (χ3v) is 4.96. The highest BCUT2D eigenvalue weighted by molar-refractivity contribution is 7.20. The van der Waals surface area contributed by atoms with Crippen molar-refractivity contribution in [2.24, 2.45) is 0 Å². The van der Waals surface area contributed by atoms with Gasteiger partial charge in [0.15, 0.2) is 0 Å². The average Bonchev–Trinajstić information content (AvgIpc) is 3.21. The summed E-state index contributed by atoms with van der Waals surface area (Å²) in [7, 11) is 0. The van der Waals surface area contributed by atoms with E-state index in [9.17, 15) is 0 Å². The Kier molecular flexibility index (Phi) is 4.75. The van der Waals surface area contributed by atoms with Crippen molar-refractivity contribution in [3.63, 3.8) is 0 Å². The highest BCUT2D eigenvalue weighted by Gasteiger charge is 2.24. The molecule has 3 rings (SSSR count). The Hall–Kier alpha value is -0.740. The topological polar surface area (TPSA) is 21.3 Å².